The SMILES string of the molecule is O=C(CCc1ccccc1Br)NCc1ccc(Oc2cccnc2)c(F)c1. The summed E-state index contributed by atoms with van der Waals surface area (Å²) in [5, 5.41) is 2.81. The zero-order valence-electron chi connectivity index (χ0n) is 14.5. The van der Waals surface area contributed by atoms with Crippen LogP contribution in [0.1, 0.15) is 17.5 Å². The number of nitrogens with one attached hydrogen (secondary N) is 1. The van der Waals surface area contributed by atoms with Crippen LogP contribution < -0.4 is 10.1 Å². The molecule has 0 bridgehead atoms. The summed E-state index contributed by atoms with van der Waals surface area (Å²) in [6, 6.07) is 15.9. The van der Waals surface area contributed by atoms with E-state index in [1.807, 2.05) is 24.3 Å². The van der Waals surface area contributed by atoms with E-state index >= 15 is 0 Å². The van der Waals surface area contributed by atoms with Crippen LogP contribution in [0, 0.1) is 5.82 Å². The van der Waals surface area contributed by atoms with Gasteiger partial charge in [0.1, 0.15) is 5.75 Å². The van der Waals surface area contributed by atoms with Gasteiger partial charge in [-0.25, -0.2) is 4.39 Å². The van der Waals surface area contributed by atoms with Crippen molar-refractivity contribution in [1.82, 2.24) is 10.3 Å². The molecule has 3 aromatic rings. The second-order valence-corrected chi connectivity index (χ2v) is 6.78. The fraction of sp³-hybridized carbons (Fsp3) is 0.143. The molecule has 1 heterocycles. The van der Waals surface area contributed by atoms with Crippen LogP contribution in [0.2, 0.25) is 0 Å². The normalized spacial score (nSPS) is 10.4. The molecule has 2 aromatic carbocycles. The summed E-state index contributed by atoms with van der Waals surface area (Å²) in [5.74, 6) is 0.0113. The molecule has 3 rings (SSSR count). The Balaban J connectivity index is 1.51. The Morgan fingerprint density at radius 3 is 2.74 bits per heavy atom. The largest absolute Gasteiger partial charge is 0.453 e. The Bertz CT molecular complexity index is 919. The Morgan fingerprint density at radius 2 is 2.00 bits per heavy atom. The number of pyridine rings is 1. The molecule has 1 amide bonds. The van der Waals surface area contributed by atoms with Gasteiger partial charge in [0.15, 0.2) is 11.6 Å². The van der Waals surface area contributed by atoms with Crippen molar-refractivity contribution in [1.29, 1.82) is 0 Å². The zero-order valence-corrected chi connectivity index (χ0v) is 16.1. The monoisotopic (exact) mass is 428 g/mol. The first-order chi connectivity index (χ1) is 13.1. The van der Waals surface area contributed by atoms with E-state index in [0.29, 0.717) is 24.2 Å². The molecular formula is C21H18BrFN2O2. The van der Waals surface area contributed by atoms with E-state index in [9.17, 15) is 9.18 Å². The lowest BCUT2D eigenvalue weighted by molar-refractivity contribution is -0.121. The summed E-state index contributed by atoms with van der Waals surface area (Å²) < 4.78 is 20.7. The number of nitrogens with zero attached hydrogens (tertiary/aromatic N) is 1. The van der Waals surface area contributed by atoms with E-state index in [-0.39, 0.29) is 18.2 Å². The lowest BCUT2D eigenvalue weighted by Crippen LogP contribution is -2.23. The smallest absolute Gasteiger partial charge is 0.220 e. The van der Waals surface area contributed by atoms with Gasteiger partial charge in [-0.15, -0.1) is 0 Å². The van der Waals surface area contributed by atoms with Crippen LogP contribution in [-0.2, 0) is 17.8 Å². The van der Waals surface area contributed by atoms with E-state index in [2.05, 4.69) is 26.2 Å². The maximum Gasteiger partial charge on any atom is 0.220 e. The molecule has 0 aliphatic carbocycles. The molecule has 0 radical (unpaired) electrons. The number of carbonyl (C=O) groups is 1. The van der Waals surface area contributed by atoms with Gasteiger partial charge in [0, 0.05) is 23.6 Å². The minimum absolute atomic E-state index is 0.0816. The second-order valence-electron chi connectivity index (χ2n) is 5.92. The van der Waals surface area contributed by atoms with Crippen molar-refractivity contribution < 1.29 is 13.9 Å². The van der Waals surface area contributed by atoms with Crippen molar-refractivity contribution in [3.8, 4) is 11.5 Å². The van der Waals surface area contributed by atoms with E-state index in [4.69, 9.17) is 4.74 Å². The Morgan fingerprint density at radius 1 is 1.15 bits per heavy atom. The number of ether oxygens (including phenoxy) is 1. The topological polar surface area (TPSA) is 51.2 Å². The first-order valence-electron chi connectivity index (χ1n) is 8.48. The van der Waals surface area contributed by atoms with E-state index < -0.39 is 5.82 Å². The summed E-state index contributed by atoms with van der Waals surface area (Å²) in [4.78, 5) is 16.0. The van der Waals surface area contributed by atoms with Crippen molar-refractivity contribution in [2.75, 3.05) is 0 Å². The lowest BCUT2D eigenvalue weighted by atomic mass is 10.1. The molecule has 27 heavy (non-hydrogen) atoms. The predicted octanol–water partition coefficient (Wildman–Crippen LogP) is 5.02. The molecule has 1 N–H and O–H groups in total. The number of rotatable bonds is 7. The molecule has 0 spiro atoms. The molecule has 1 aromatic heterocycles. The number of aryl methyl sites for hydroxylation is 1. The fourth-order valence-corrected chi connectivity index (χ4v) is 2.99. The van der Waals surface area contributed by atoms with Gasteiger partial charge in [-0.1, -0.05) is 40.2 Å². The summed E-state index contributed by atoms with van der Waals surface area (Å²) in [7, 11) is 0. The molecule has 0 aliphatic rings. The molecule has 4 nitrogen and oxygen atoms in total. The third kappa shape index (κ3) is 5.62. The fourth-order valence-electron chi connectivity index (χ4n) is 2.51. The van der Waals surface area contributed by atoms with Crippen molar-refractivity contribution >= 4 is 21.8 Å². The van der Waals surface area contributed by atoms with Gasteiger partial charge in [0.25, 0.3) is 0 Å². The molecule has 0 aliphatic heterocycles. The van der Waals surface area contributed by atoms with E-state index in [1.54, 1.807) is 30.5 Å². The van der Waals surface area contributed by atoms with Crippen molar-refractivity contribution in [2.45, 2.75) is 19.4 Å². The minimum atomic E-state index is -0.487. The van der Waals surface area contributed by atoms with Crippen LogP contribution in [0.15, 0.2) is 71.5 Å². The quantitative estimate of drug-likeness (QED) is 0.574. The standard InChI is InChI=1S/C21H18BrFN2O2/c22-18-6-2-1-4-16(18)8-10-21(26)25-13-15-7-9-20(19(23)12-15)27-17-5-3-11-24-14-17/h1-7,9,11-12,14H,8,10,13H2,(H,25,26). The maximum atomic E-state index is 14.2. The Hall–Kier alpha value is -2.73. The van der Waals surface area contributed by atoms with Crippen LogP contribution in [-0.4, -0.2) is 10.9 Å². The third-order valence-corrected chi connectivity index (χ3v) is 4.70. The van der Waals surface area contributed by atoms with Gasteiger partial charge in [0.05, 0.1) is 6.20 Å². The lowest BCUT2D eigenvalue weighted by Gasteiger charge is -2.09. The first-order valence-corrected chi connectivity index (χ1v) is 9.27. The zero-order chi connectivity index (χ0) is 19.1. The second kappa shape index (κ2) is 9.28. The number of benzene rings is 2. The number of aromatic nitrogens is 1. The molecule has 6 heteroatoms. The molecule has 138 valence electrons. The molecule has 0 saturated heterocycles. The molecular weight excluding hydrogens is 411 g/mol. The van der Waals surface area contributed by atoms with Crippen LogP contribution in [0.5, 0.6) is 11.5 Å². The van der Waals surface area contributed by atoms with E-state index in [0.717, 1.165) is 10.0 Å². The Kier molecular flexibility index (Phi) is 6.54. The minimum Gasteiger partial charge on any atom is -0.453 e. The van der Waals surface area contributed by atoms with Gasteiger partial charge >= 0.3 is 0 Å². The van der Waals surface area contributed by atoms with Gasteiger partial charge in [-0.2, -0.15) is 0 Å². The summed E-state index contributed by atoms with van der Waals surface area (Å²) in [5.41, 5.74) is 1.75. The number of hydrogen-bond donors (Lipinski definition) is 1. The molecule has 0 atom stereocenters. The van der Waals surface area contributed by atoms with Crippen LogP contribution in [0.4, 0.5) is 4.39 Å². The summed E-state index contributed by atoms with van der Waals surface area (Å²) >= 11 is 3.47. The first kappa shape index (κ1) is 19.0. The van der Waals surface area contributed by atoms with Crippen molar-refractivity contribution in [3.63, 3.8) is 0 Å². The van der Waals surface area contributed by atoms with E-state index in [1.165, 1.54) is 12.3 Å². The average molecular weight is 429 g/mol. The molecule has 0 unspecified atom stereocenters. The summed E-state index contributed by atoms with van der Waals surface area (Å²) in [6.45, 7) is 0.263. The highest BCUT2D eigenvalue weighted by atomic mass is 79.9. The highest BCUT2D eigenvalue weighted by Crippen LogP contribution is 2.24. The van der Waals surface area contributed by atoms with Crippen molar-refractivity contribution in [3.05, 3.63) is 88.4 Å². The van der Waals surface area contributed by atoms with Gasteiger partial charge < -0.3 is 10.1 Å². The molecule has 0 saturated carbocycles. The van der Waals surface area contributed by atoms with Crippen LogP contribution in [0.3, 0.4) is 0 Å². The number of hydrogen-bond acceptors (Lipinski definition) is 3. The summed E-state index contributed by atoms with van der Waals surface area (Å²) in [6.07, 6.45) is 4.14. The van der Waals surface area contributed by atoms with Gasteiger partial charge in [-0.05, 0) is 47.9 Å². The third-order valence-electron chi connectivity index (χ3n) is 3.93. The van der Waals surface area contributed by atoms with Crippen LogP contribution >= 0.6 is 15.9 Å². The maximum absolute atomic E-state index is 14.2. The Labute approximate surface area is 165 Å². The number of halogens is 2. The average Bonchev–Trinajstić information content (AvgIpc) is 2.68. The van der Waals surface area contributed by atoms with Crippen molar-refractivity contribution in [2.24, 2.45) is 0 Å². The highest BCUT2D eigenvalue weighted by molar-refractivity contribution is 9.10. The number of carbonyl (C=O) groups excluding carboxylic acids is 1. The van der Waals surface area contributed by atoms with Gasteiger partial charge in [0.2, 0.25) is 5.91 Å². The van der Waals surface area contributed by atoms with Gasteiger partial charge in [-0.3, -0.25) is 9.78 Å². The molecule has 0 fully saturated rings. The highest BCUT2D eigenvalue weighted by Gasteiger charge is 2.08. The predicted molar refractivity (Wildman–Crippen MR) is 105 cm³/mol. The van der Waals surface area contributed by atoms with Crippen LogP contribution in [0.25, 0.3) is 0 Å². The number of amides is 1.